The fraction of sp³-hybridized carbons (Fsp3) is 0.500. The first-order chi connectivity index (χ1) is 8.85. The molecule has 0 fully saturated rings. The Balaban J connectivity index is 2.60. The smallest absolute Gasteiger partial charge is 0.254 e. The highest BCUT2D eigenvalue weighted by atomic mass is 19.1. The molecular weight excluding hydrogens is 249 g/mol. The van der Waals surface area contributed by atoms with Gasteiger partial charge in [0.2, 0.25) is 0 Å². The van der Waals surface area contributed by atoms with Crippen LogP contribution in [0.4, 0.5) is 4.39 Å². The maximum atomic E-state index is 13.5. The predicted molar refractivity (Wildman–Crippen MR) is 70.7 cm³/mol. The molecule has 1 aromatic rings. The number of carbonyl (C=O) groups excluding carboxylic acids is 1. The number of halogens is 1. The molecule has 0 saturated carbocycles. The SMILES string of the molecule is COCCC(C)(C)CNC(=O)c1ccc(O)cc1F. The van der Waals surface area contributed by atoms with Gasteiger partial charge in [0.15, 0.2) is 0 Å². The monoisotopic (exact) mass is 269 g/mol. The molecule has 0 heterocycles. The van der Waals surface area contributed by atoms with Crippen molar-refractivity contribution in [2.75, 3.05) is 20.3 Å². The fourth-order valence-corrected chi connectivity index (χ4v) is 1.57. The summed E-state index contributed by atoms with van der Waals surface area (Å²) in [5.41, 5.74) is -0.195. The lowest BCUT2D eigenvalue weighted by molar-refractivity contribution is 0.0917. The molecule has 0 saturated heterocycles. The molecule has 0 radical (unpaired) electrons. The van der Waals surface area contributed by atoms with Gasteiger partial charge >= 0.3 is 0 Å². The molecular formula is C14H20FNO3. The highest BCUT2D eigenvalue weighted by Crippen LogP contribution is 2.20. The van der Waals surface area contributed by atoms with E-state index in [0.717, 1.165) is 12.5 Å². The van der Waals surface area contributed by atoms with Crippen molar-refractivity contribution in [2.24, 2.45) is 5.41 Å². The Labute approximate surface area is 112 Å². The maximum Gasteiger partial charge on any atom is 0.254 e. The summed E-state index contributed by atoms with van der Waals surface area (Å²) in [5, 5.41) is 11.8. The van der Waals surface area contributed by atoms with Gasteiger partial charge in [-0.3, -0.25) is 4.79 Å². The quantitative estimate of drug-likeness (QED) is 0.833. The summed E-state index contributed by atoms with van der Waals surface area (Å²) in [7, 11) is 1.63. The lowest BCUT2D eigenvalue weighted by atomic mass is 9.89. The van der Waals surface area contributed by atoms with Gasteiger partial charge in [0.05, 0.1) is 5.56 Å². The number of phenolic OH excluding ortho intramolecular Hbond substituents is 1. The van der Waals surface area contributed by atoms with Crippen LogP contribution in [0.25, 0.3) is 0 Å². The van der Waals surface area contributed by atoms with Gasteiger partial charge in [-0.25, -0.2) is 4.39 Å². The third kappa shape index (κ3) is 4.87. The molecule has 19 heavy (non-hydrogen) atoms. The molecule has 0 atom stereocenters. The van der Waals surface area contributed by atoms with Crippen molar-refractivity contribution in [1.82, 2.24) is 5.32 Å². The first-order valence-corrected chi connectivity index (χ1v) is 6.11. The molecule has 1 rings (SSSR count). The van der Waals surface area contributed by atoms with Gasteiger partial charge in [-0.2, -0.15) is 0 Å². The van der Waals surface area contributed by atoms with Gasteiger partial charge in [-0.05, 0) is 24.0 Å². The van der Waals surface area contributed by atoms with Gasteiger partial charge in [0.1, 0.15) is 11.6 Å². The first-order valence-electron chi connectivity index (χ1n) is 6.11. The van der Waals surface area contributed by atoms with E-state index in [1.807, 2.05) is 13.8 Å². The summed E-state index contributed by atoms with van der Waals surface area (Å²) in [5.74, 6) is -1.41. The normalized spacial score (nSPS) is 11.4. The number of aromatic hydroxyl groups is 1. The highest BCUT2D eigenvalue weighted by Gasteiger charge is 2.20. The van der Waals surface area contributed by atoms with E-state index >= 15 is 0 Å². The largest absolute Gasteiger partial charge is 0.508 e. The van der Waals surface area contributed by atoms with Crippen LogP contribution < -0.4 is 5.32 Å². The Kier molecular flexibility index (Phi) is 5.30. The summed E-state index contributed by atoms with van der Waals surface area (Å²) >= 11 is 0. The molecule has 4 nitrogen and oxygen atoms in total. The zero-order valence-corrected chi connectivity index (χ0v) is 11.5. The number of hydrogen-bond acceptors (Lipinski definition) is 3. The minimum Gasteiger partial charge on any atom is -0.508 e. The molecule has 2 N–H and O–H groups in total. The van der Waals surface area contributed by atoms with Gasteiger partial charge in [0.25, 0.3) is 5.91 Å². The summed E-state index contributed by atoms with van der Waals surface area (Å²) in [6.07, 6.45) is 0.793. The Bertz CT molecular complexity index is 446. The lowest BCUT2D eigenvalue weighted by Crippen LogP contribution is -2.35. The highest BCUT2D eigenvalue weighted by molar-refractivity contribution is 5.94. The number of hydrogen-bond donors (Lipinski definition) is 2. The van der Waals surface area contributed by atoms with E-state index < -0.39 is 11.7 Å². The summed E-state index contributed by atoms with van der Waals surface area (Å²) in [6.45, 7) is 5.03. The second-order valence-corrected chi connectivity index (χ2v) is 5.25. The predicted octanol–water partition coefficient (Wildman–Crippen LogP) is 2.32. The molecule has 5 heteroatoms. The van der Waals surface area contributed by atoms with E-state index in [1.54, 1.807) is 7.11 Å². The third-order valence-corrected chi connectivity index (χ3v) is 2.91. The molecule has 0 unspecified atom stereocenters. The standard InChI is InChI=1S/C14H20FNO3/c1-14(2,6-7-19-3)9-16-13(18)11-5-4-10(17)8-12(11)15/h4-5,8,17H,6-7,9H2,1-3H3,(H,16,18). The molecule has 0 aliphatic carbocycles. The fourth-order valence-electron chi connectivity index (χ4n) is 1.57. The van der Waals surface area contributed by atoms with E-state index in [-0.39, 0.29) is 16.7 Å². The van der Waals surface area contributed by atoms with E-state index in [2.05, 4.69) is 5.32 Å². The van der Waals surface area contributed by atoms with Crippen molar-refractivity contribution < 1.29 is 19.0 Å². The number of nitrogens with one attached hydrogen (secondary N) is 1. The maximum absolute atomic E-state index is 13.5. The van der Waals surface area contributed by atoms with Crippen molar-refractivity contribution in [3.05, 3.63) is 29.6 Å². The van der Waals surface area contributed by atoms with Crippen LogP contribution in [0, 0.1) is 11.2 Å². The van der Waals surface area contributed by atoms with Crippen LogP contribution >= 0.6 is 0 Å². The summed E-state index contributed by atoms with van der Waals surface area (Å²) in [4.78, 5) is 11.8. The van der Waals surface area contributed by atoms with E-state index in [9.17, 15) is 9.18 Å². The van der Waals surface area contributed by atoms with Crippen LogP contribution in [-0.2, 0) is 4.74 Å². The first kappa shape index (κ1) is 15.4. The number of benzene rings is 1. The van der Waals surface area contributed by atoms with Crippen LogP contribution in [0.5, 0.6) is 5.75 Å². The summed E-state index contributed by atoms with van der Waals surface area (Å²) < 4.78 is 18.5. The zero-order valence-electron chi connectivity index (χ0n) is 11.5. The number of phenols is 1. The van der Waals surface area contributed by atoms with E-state index in [4.69, 9.17) is 9.84 Å². The van der Waals surface area contributed by atoms with Crippen molar-refractivity contribution >= 4 is 5.91 Å². The topological polar surface area (TPSA) is 58.6 Å². The third-order valence-electron chi connectivity index (χ3n) is 2.91. The lowest BCUT2D eigenvalue weighted by Gasteiger charge is -2.24. The van der Waals surface area contributed by atoms with Crippen LogP contribution in [0.2, 0.25) is 0 Å². The average molecular weight is 269 g/mol. The van der Waals surface area contributed by atoms with Gasteiger partial charge in [-0.1, -0.05) is 13.8 Å². The summed E-state index contributed by atoms with van der Waals surface area (Å²) in [6, 6.07) is 3.47. The van der Waals surface area contributed by atoms with Crippen molar-refractivity contribution in [3.63, 3.8) is 0 Å². The molecule has 0 bridgehead atoms. The Morgan fingerprint density at radius 3 is 2.74 bits per heavy atom. The number of rotatable bonds is 6. The number of ether oxygens (including phenoxy) is 1. The minimum absolute atomic E-state index is 0.0691. The number of carbonyl (C=O) groups is 1. The van der Waals surface area contributed by atoms with Gasteiger partial charge in [-0.15, -0.1) is 0 Å². The Morgan fingerprint density at radius 1 is 1.47 bits per heavy atom. The Morgan fingerprint density at radius 2 is 2.16 bits per heavy atom. The molecule has 106 valence electrons. The number of amides is 1. The van der Waals surface area contributed by atoms with Gasteiger partial charge in [0, 0.05) is 26.3 Å². The van der Waals surface area contributed by atoms with Crippen LogP contribution in [0.15, 0.2) is 18.2 Å². The molecule has 1 amide bonds. The Hall–Kier alpha value is -1.62. The molecule has 0 aromatic heterocycles. The van der Waals surface area contributed by atoms with Gasteiger partial charge < -0.3 is 15.2 Å². The van der Waals surface area contributed by atoms with Crippen LogP contribution in [0.3, 0.4) is 0 Å². The molecule has 0 aliphatic heterocycles. The van der Waals surface area contributed by atoms with Crippen molar-refractivity contribution in [2.45, 2.75) is 20.3 Å². The van der Waals surface area contributed by atoms with Crippen LogP contribution in [0.1, 0.15) is 30.6 Å². The van der Waals surface area contributed by atoms with Crippen molar-refractivity contribution in [3.8, 4) is 5.75 Å². The number of methoxy groups -OCH3 is 1. The zero-order chi connectivity index (χ0) is 14.5. The average Bonchev–Trinajstić information content (AvgIpc) is 2.34. The second-order valence-electron chi connectivity index (χ2n) is 5.25. The van der Waals surface area contributed by atoms with Crippen molar-refractivity contribution in [1.29, 1.82) is 0 Å². The van der Waals surface area contributed by atoms with E-state index in [1.165, 1.54) is 12.1 Å². The molecule has 1 aromatic carbocycles. The van der Waals surface area contributed by atoms with Crippen LogP contribution in [-0.4, -0.2) is 31.3 Å². The molecule has 0 spiro atoms. The molecule has 0 aliphatic rings. The second kappa shape index (κ2) is 6.52. The van der Waals surface area contributed by atoms with E-state index in [0.29, 0.717) is 13.2 Å². The minimum atomic E-state index is -0.729.